The van der Waals surface area contributed by atoms with Crippen LogP contribution in [0.5, 0.6) is 0 Å². The van der Waals surface area contributed by atoms with Gasteiger partial charge in [0.2, 0.25) is 0 Å². The third-order valence-corrected chi connectivity index (χ3v) is 4.01. The first-order valence-electron chi connectivity index (χ1n) is 5.16. The fourth-order valence-corrected chi connectivity index (χ4v) is 2.53. The van der Waals surface area contributed by atoms with E-state index in [2.05, 4.69) is 0 Å². The maximum absolute atomic E-state index is 11.6. The molecular formula is C13H12ClNOS. The molecule has 88 valence electrons. The van der Waals surface area contributed by atoms with Crippen LogP contribution in [0, 0.1) is 0 Å². The minimum absolute atomic E-state index is 0.0258. The second-order valence-corrected chi connectivity index (χ2v) is 5.23. The minimum Gasteiger partial charge on any atom is -0.339 e. The Morgan fingerprint density at radius 1 is 1.18 bits per heavy atom. The monoisotopic (exact) mass is 265 g/mol. The molecule has 0 radical (unpaired) electrons. The fraction of sp³-hybridized carbons (Fsp3) is 0.154. The zero-order chi connectivity index (χ0) is 12.4. The summed E-state index contributed by atoms with van der Waals surface area (Å²) in [6.07, 6.45) is 0. The van der Waals surface area contributed by atoms with E-state index in [9.17, 15) is 4.79 Å². The van der Waals surface area contributed by atoms with E-state index >= 15 is 0 Å². The van der Waals surface area contributed by atoms with Crippen molar-refractivity contribution in [3.8, 4) is 0 Å². The number of hydrogen-bond donors (Lipinski definition) is 0. The molecule has 0 saturated heterocycles. The van der Waals surface area contributed by atoms with Crippen molar-refractivity contribution in [2.45, 2.75) is 4.90 Å². The number of thioether (sulfide) groups is 1. The molecule has 0 aliphatic rings. The molecule has 0 aromatic heterocycles. The van der Waals surface area contributed by atoms with Gasteiger partial charge in [-0.1, -0.05) is 41.9 Å². The van der Waals surface area contributed by atoms with Crippen LogP contribution >= 0.6 is 23.4 Å². The summed E-state index contributed by atoms with van der Waals surface area (Å²) in [5, 5.41) is 2.68. The largest absolute Gasteiger partial charge is 0.339 e. The van der Waals surface area contributed by atoms with E-state index in [0.717, 1.165) is 27.4 Å². The van der Waals surface area contributed by atoms with E-state index in [-0.39, 0.29) is 5.24 Å². The number of halogens is 1. The summed E-state index contributed by atoms with van der Waals surface area (Å²) in [5.74, 6) is 0. The molecule has 0 saturated carbocycles. The molecule has 2 rings (SSSR count). The molecule has 2 aromatic carbocycles. The van der Waals surface area contributed by atoms with Crippen molar-refractivity contribution in [1.82, 2.24) is 4.90 Å². The van der Waals surface area contributed by atoms with Crippen LogP contribution in [0.25, 0.3) is 10.8 Å². The van der Waals surface area contributed by atoms with Gasteiger partial charge in [0.05, 0.1) is 5.02 Å². The van der Waals surface area contributed by atoms with E-state index in [0.29, 0.717) is 5.02 Å². The summed E-state index contributed by atoms with van der Waals surface area (Å²) < 4.78 is 0. The molecular weight excluding hydrogens is 254 g/mol. The molecule has 17 heavy (non-hydrogen) atoms. The van der Waals surface area contributed by atoms with E-state index in [1.54, 1.807) is 14.1 Å². The van der Waals surface area contributed by atoms with Crippen LogP contribution in [0.1, 0.15) is 0 Å². The number of amides is 1. The summed E-state index contributed by atoms with van der Waals surface area (Å²) in [4.78, 5) is 14.0. The highest BCUT2D eigenvalue weighted by molar-refractivity contribution is 8.13. The van der Waals surface area contributed by atoms with Crippen molar-refractivity contribution >= 4 is 39.4 Å². The van der Waals surface area contributed by atoms with Crippen LogP contribution in [0.4, 0.5) is 4.79 Å². The molecule has 0 spiro atoms. The maximum Gasteiger partial charge on any atom is 0.285 e. The Morgan fingerprint density at radius 2 is 1.88 bits per heavy atom. The first kappa shape index (κ1) is 12.3. The van der Waals surface area contributed by atoms with Gasteiger partial charge in [0, 0.05) is 24.4 Å². The van der Waals surface area contributed by atoms with Gasteiger partial charge in [0.15, 0.2) is 0 Å². The molecule has 0 unspecified atom stereocenters. The van der Waals surface area contributed by atoms with Gasteiger partial charge < -0.3 is 4.90 Å². The fourth-order valence-electron chi connectivity index (χ4n) is 1.48. The van der Waals surface area contributed by atoms with Crippen LogP contribution in [0.3, 0.4) is 0 Å². The number of carbonyl (C=O) groups is 1. The average molecular weight is 266 g/mol. The maximum atomic E-state index is 11.6. The highest BCUT2D eigenvalue weighted by Gasteiger charge is 2.11. The predicted molar refractivity (Wildman–Crippen MR) is 73.9 cm³/mol. The molecule has 1 amide bonds. The quantitative estimate of drug-likeness (QED) is 0.718. The molecule has 4 heteroatoms. The van der Waals surface area contributed by atoms with Gasteiger partial charge in [0.25, 0.3) is 5.24 Å². The Bertz CT molecular complexity index is 568. The van der Waals surface area contributed by atoms with Crippen molar-refractivity contribution in [1.29, 1.82) is 0 Å². The smallest absolute Gasteiger partial charge is 0.285 e. The summed E-state index contributed by atoms with van der Waals surface area (Å²) >= 11 is 7.45. The van der Waals surface area contributed by atoms with E-state index in [1.807, 2.05) is 36.4 Å². The van der Waals surface area contributed by atoms with Crippen molar-refractivity contribution in [2.75, 3.05) is 14.1 Å². The van der Waals surface area contributed by atoms with E-state index in [4.69, 9.17) is 11.6 Å². The molecule has 0 bridgehead atoms. The van der Waals surface area contributed by atoms with Crippen LogP contribution in [0.2, 0.25) is 5.02 Å². The Balaban J connectivity index is 2.43. The zero-order valence-corrected chi connectivity index (χ0v) is 11.2. The molecule has 2 aromatic rings. The highest BCUT2D eigenvalue weighted by atomic mass is 35.5. The molecule has 0 aliphatic heterocycles. The molecule has 0 atom stereocenters. The van der Waals surface area contributed by atoms with Gasteiger partial charge in [0.1, 0.15) is 0 Å². The Labute approximate surface area is 110 Å². The molecule has 0 aliphatic carbocycles. The topological polar surface area (TPSA) is 20.3 Å². The number of nitrogens with zero attached hydrogens (tertiary/aromatic N) is 1. The van der Waals surface area contributed by atoms with Gasteiger partial charge in [-0.05, 0) is 23.2 Å². The lowest BCUT2D eigenvalue weighted by Crippen LogP contribution is -2.16. The van der Waals surface area contributed by atoms with E-state index < -0.39 is 0 Å². The minimum atomic E-state index is -0.0258. The summed E-state index contributed by atoms with van der Waals surface area (Å²) in [7, 11) is 3.45. The number of fused-ring (bicyclic) bond motifs is 1. The summed E-state index contributed by atoms with van der Waals surface area (Å²) in [6.45, 7) is 0. The first-order valence-corrected chi connectivity index (χ1v) is 6.35. The van der Waals surface area contributed by atoms with Crippen LogP contribution in [-0.2, 0) is 0 Å². The molecule has 0 heterocycles. The normalized spacial score (nSPS) is 10.5. The van der Waals surface area contributed by atoms with Crippen LogP contribution in [-0.4, -0.2) is 24.2 Å². The standard InChI is InChI=1S/C13H12ClNOS/c1-15(2)13(16)17-11-8-7-9-5-3-4-6-10(9)12(11)14/h3-8H,1-2H3. The number of carbonyl (C=O) groups excluding carboxylic acids is 1. The lowest BCUT2D eigenvalue weighted by molar-refractivity contribution is 0.241. The van der Waals surface area contributed by atoms with Gasteiger partial charge in [-0.25, -0.2) is 0 Å². The zero-order valence-electron chi connectivity index (χ0n) is 9.61. The molecule has 0 N–H and O–H groups in total. The third kappa shape index (κ3) is 2.56. The lowest BCUT2D eigenvalue weighted by atomic mass is 10.1. The van der Waals surface area contributed by atoms with Gasteiger partial charge >= 0.3 is 0 Å². The van der Waals surface area contributed by atoms with Gasteiger partial charge in [-0.2, -0.15) is 0 Å². The molecule has 0 fully saturated rings. The molecule has 2 nitrogen and oxygen atoms in total. The number of hydrogen-bond acceptors (Lipinski definition) is 2. The van der Waals surface area contributed by atoms with E-state index in [1.165, 1.54) is 4.90 Å². The second-order valence-electron chi connectivity index (χ2n) is 3.86. The van der Waals surface area contributed by atoms with Crippen molar-refractivity contribution in [2.24, 2.45) is 0 Å². The Hall–Kier alpha value is -1.19. The van der Waals surface area contributed by atoms with Crippen LogP contribution < -0.4 is 0 Å². The summed E-state index contributed by atoms with van der Waals surface area (Å²) in [5.41, 5.74) is 0. The summed E-state index contributed by atoms with van der Waals surface area (Å²) in [6, 6.07) is 11.7. The number of rotatable bonds is 1. The Kier molecular flexibility index (Phi) is 3.60. The average Bonchev–Trinajstić information content (AvgIpc) is 2.33. The van der Waals surface area contributed by atoms with Crippen molar-refractivity contribution in [3.63, 3.8) is 0 Å². The SMILES string of the molecule is CN(C)C(=O)Sc1ccc2ccccc2c1Cl. The third-order valence-electron chi connectivity index (χ3n) is 2.39. The Morgan fingerprint density at radius 3 is 2.59 bits per heavy atom. The van der Waals surface area contributed by atoms with Crippen molar-refractivity contribution < 1.29 is 4.79 Å². The van der Waals surface area contributed by atoms with Crippen LogP contribution in [0.15, 0.2) is 41.3 Å². The lowest BCUT2D eigenvalue weighted by Gasteiger charge is -2.11. The first-order chi connectivity index (χ1) is 8.09. The number of benzene rings is 2. The highest BCUT2D eigenvalue weighted by Crippen LogP contribution is 2.34. The predicted octanol–water partition coefficient (Wildman–Crippen LogP) is 4.27. The van der Waals surface area contributed by atoms with Crippen molar-refractivity contribution in [3.05, 3.63) is 41.4 Å². The second kappa shape index (κ2) is 4.98. The van der Waals surface area contributed by atoms with Gasteiger partial charge in [-0.15, -0.1) is 0 Å². The van der Waals surface area contributed by atoms with Gasteiger partial charge in [-0.3, -0.25) is 4.79 Å².